The summed E-state index contributed by atoms with van der Waals surface area (Å²) in [6, 6.07) is 12.8. The van der Waals surface area contributed by atoms with Crippen LogP contribution in [0.1, 0.15) is 35.1 Å². The normalized spacial score (nSPS) is 13.9. The number of aromatic nitrogens is 2. The molecular formula is C24H26FN5O3S. The first-order valence-corrected chi connectivity index (χ1v) is 11.9. The number of benzene rings is 2. The molecule has 1 saturated heterocycles. The van der Waals surface area contributed by atoms with E-state index < -0.39 is 0 Å². The molecule has 1 aliphatic rings. The van der Waals surface area contributed by atoms with Crippen LogP contribution in [0.4, 0.5) is 20.0 Å². The second-order valence-corrected chi connectivity index (χ2v) is 8.58. The van der Waals surface area contributed by atoms with Gasteiger partial charge in [-0.15, -0.1) is 0 Å². The fraction of sp³-hybridized carbons (Fsp3) is 0.333. The molecule has 1 aromatic heterocycles. The number of ether oxygens (including phenoxy) is 1. The highest BCUT2D eigenvalue weighted by molar-refractivity contribution is 7.09. The summed E-state index contributed by atoms with van der Waals surface area (Å²) in [5.74, 6) is 0.0599. The summed E-state index contributed by atoms with van der Waals surface area (Å²) in [5.41, 5.74) is 2.02. The van der Waals surface area contributed by atoms with Crippen molar-refractivity contribution in [2.24, 2.45) is 0 Å². The summed E-state index contributed by atoms with van der Waals surface area (Å²) in [6.07, 6.45) is 1.36. The summed E-state index contributed by atoms with van der Waals surface area (Å²) in [7, 11) is 0. The predicted molar refractivity (Wildman–Crippen MR) is 129 cm³/mol. The van der Waals surface area contributed by atoms with Gasteiger partial charge in [0.15, 0.2) is 0 Å². The third-order valence-electron chi connectivity index (χ3n) is 5.43. The smallest absolute Gasteiger partial charge is 0.338 e. The SMILES string of the molecule is CCOC(=O)c1ccc(NC(=O)N2CCCN(c3nc(Cc4ccc(F)cc4)ns3)CC2)cc1. The lowest BCUT2D eigenvalue weighted by Gasteiger charge is -2.22. The Labute approximate surface area is 201 Å². The van der Waals surface area contributed by atoms with Crippen molar-refractivity contribution in [3.8, 4) is 0 Å². The van der Waals surface area contributed by atoms with E-state index in [-0.39, 0.29) is 17.8 Å². The Hall–Kier alpha value is -3.53. The van der Waals surface area contributed by atoms with Crippen LogP contribution in [0.5, 0.6) is 0 Å². The van der Waals surface area contributed by atoms with Crippen LogP contribution in [-0.4, -0.2) is 59.0 Å². The molecule has 1 fully saturated rings. The first kappa shape index (κ1) is 23.6. The van der Waals surface area contributed by atoms with Gasteiger partial charge in [-0.2, -0.15) is 4.37 Å². The minimum absolute atomic E-state index is 0.181. The molecule has 3 aromatic rings. The number of rotatable bonds is 6. The fourth-order valence-corrected chi connectivity index (χ4v) is 4.38. The minimum atomic E-state index is -0.384. The van der Waals surface area contributed by atoms with E-state index >= 15 is 0 Å². The van der Waals surface area contributed by atoms with Gasteiger partial charge in [-0.05, 0) is 55.3 Å². The standard InChI is InChI=1S/C24H26FN5O3S/c1-2-33-22(31)18-6-10-20(11-7-18)26-23(32)29-12-3-13-30(15-14-29)24-27-21(28-34-24)16-17-4-8-19(25)9-5-17/h4-11H,2-3,12-16H2,1H3,(H,26,32). The number of carbonyl (C=O) groups is 2. The molecule has 1 aliphatic heterocycles. The molecule has 34 heavy (non-hydrogen) atoms. The maximum Gasteiger partial charge on any atom is 0.338 e. The Bertz CT molecular complexity index is 1120. The van der Waals surface area contributed by atoms with E-state index in [2.05, 4.69) is 19.6 Å². The Kier molecular flexibility index (Phi) is 7.69. The Morgan fingerprint density at radius 2 is 1.82 bits per heavy atom. The second-order valence-electron chi connectivity index (χ2n) is 7.85. The highest BCUT2D eigenvalue weighted by Crippen LogP contribution is 2.21. The molecule has 0 unspecified atom stereocenters. The van der Waals surface area contributed by atoms with Crippen LogP contribution in [-0.2, 0) is 11.2 Å². The number of halogens is 1. The van der Waals surface area contributed by atoms with Crippen molar-refractivity contribution in [1.82, 2.24) is 14.3 Å². The van der Waals surface area contributed by atoms with Crippen LogP contribution in [0, 0.1) is 5.82 Å². The summed E-state index contributed by atoms with van der Waals surface area (Å²) < 4.78 is 22.5. The topological polar surface area (TPSA) is 87.7 Å². The van der Waals surface area contributed by atoms with Gasteiger partial charge in [0.2, 0.25) is 5.13 Å². The molecule has 0 saturated carbocycles. The van der Waals surface area contributed by atoms with Gasteiger partial charge >= 0.3 is 12.0 Å². The number of hydrogen-bond acceptors (Lipinski definition) is 7. The molecule has 8 nitrogen and oxygen atoms in total. The number of amides is 2. The van der Waals surface area contributed by atoms with Crippen molar-refractivity contribution in [3.05, 3.63) is 71.3 Å². The Morgan fingerprint density at radius 3 is 2.56 bits per heavy atom. The van der Waals surface area contributed by atoms with Crippen molar-refractivity contribution in [2.75, 3.05) is 43.0 Å². The predicted octanol–water partition coefficient (Wildman–Crippen LogP) is 4.19. The number of hydrogen-bond donors (Lipinski definition) is 1. The van der Waals surface area contributed by atoms with E-state index in [9.17, 15) is 14.0 Å². The molecule has 0 radical (unpaired) electrons. The van der Waals surface area contributed by atoms with Crippen LogP contribution in [0.25, 0.3) is 0 Å². The number of urea groups is 1. The van der Waals surface area contributed by atoms with E-state index in [0.717, 1.165) is 23.7 Å². The van der Waals surface area contributed by atoms with E-state index in [0.29, 0.717) is 49.7 Å². The summed E-state index contributed by atoms with van der Waals surface area (Å²) >= 11 is 1.34. The van der Waals surface area contributed by atoms with Gasteiger partial charge in [0.05, 0.1) is 12.2 Å². The van der Waals surface area contributed by atoms with Gasteiger partial charge < -0.3 is 19.9 Å². The van der Waals surface area contributed by atoms with Crippen molar-refractivity contribution < 1.29 is 18.7 Å². The van der Waals surface area contributed by atoms with Crippen LogP contribution in [0.15, 0.2) is 48.5 Å². The molecule has 1 N–H and O–H groups in total. The van der Waals surface area contributed by atoms with Crippen molar-refractivity contribution in [1.29, 1.82) is 0 Å². The van der Waals surface area contributed by atoms with Gasteiger partial charge in [-0.25, -0.2) is 19.0 Å². The summed E-state index contributed by atoms with van der Waals surface area (Å²) in [4.78, 5) is 33.1. The molecule has 2 aromatic carbocycles. The first-order valence-electron chi connectivity index (χ1n) is 11.2. The molecule has 0 atom stereocenters. The van der Waals surface area contributed by atoms with E-state index in [1.807, 2.05) is 0 Å². The Morgan fingerprint density at radius 1 is 1.06 bits per heavy atom. The quantitative estimate of drug-likeness (QED) is 0.529. The lowest BCUT2D eigenvalue weighted by Crippen LogP contribution is -2.38. The lowest BCUT2D eigenvalue weighted by molar-refractivity contribution is 0.0526. The van der Waals surface area contributed by atoms with Gasteiger partial charge in [0.25, 0.3) is 0 Å². The van der Waals surface area contributed by atoms with Gasteiger partial charge in [0, 0.05) is 49.8 Å². The van der Waals surface area contributed by atoms with Gasteiger partial charge in [-0.3, -0.25) is 0 Å². The lowest BCUT2D eigenvalue weighted by atomic mass is 10.1. The average Bonchev–Trinajstić information content (AvgIpc) is 3.15. The van der Waals surface area contributed by atoms with Crippen molar-refractivity contribution in [3.63, 3.8) is 0 Å². The van der Waals surface area contributed by atoms with E-state index in [4.69, 9.17) is 4.74 Å². The molecule has 4 rings (SSSR count). The zero-order chi connectivity index (χ0) is 23.9. The molecule has 0 bridgehead atoms. The number of esters is 1. The third kappa shape index (κ3) is 6.07. The van der Waals surface area contributed by atoms with Crippen molar-refractivity contribution in [2.45, 2.75) is 19.8 Å². The highest BCUT2D eigenvalue weighted by Gasteiger charge is 2.21. The van der Waals surface area contributed by atoms with Crippen molar-refractivity contribution >= 4 is 34.4 Å². The van der Waals surface area contributed by atoms with Gasteiger partial charge in [0.1, 0.15) is 11.6 Å². The number of nitrogens with one attached hydrogen (secondary N) is 1. The Balaban J connectivity index is 1.30. The fourth-order valence-electron chi connectivity index (χ4n) is 3.65. The molecule has 178 valence electrons. The number of anilines is 2. The highest BCUT2D eigenvalue weighted by atomic mass is 32.1. The minimum Gasteiger partial charge on any atom is -0.462 e. The van der Waals surface area contributed by atoms with Crippen LogP contribution in [0.3, 0.4) is 0 Å². The van der Waals surface area contributed by atoms with Crippen LogP contribution in [0.2, 0.25) is 0 Å². The summed E-state index contributed by atoms with van der Waals surface area (Å²) in [6.45, 7) is 4.69. The summed E-state index contributed by atoms with van der Waals surface area (Å²) in [5, 5.41) is 3.72. The van der Waals surface area contributed by atoms with Gasteiger partial charge in [-0.1, -0.05) is 12.1 Å². The largest absolute Gasteiger partial charge is 0.462 e. The van der Waals surface area contributed by atoms with E-state index in [1.54, 1.807) is 48.2 Å². The maximum atomic E-state index is 13.1. The molecule has 2 heterocycles. The monoisotopic (exact) mass is 483 g/mol. The molecule has 0 spiro atoms. The number of carbonyl (C=O) groups excluding carboxylic acids is 2. The number of nitrogens with zero attached hydrogens (tertiary/aromatic N) is 4. The van der Waals surface area contributed by atoms with E-state index in [1.165, 1.54) is 23.7 Å². The zero-order valence-corrected chi connectivity index (χ0v) is 19.7. The third-order valence-corrected chi connectivity index (χ3v) is 6.25. The molecule has 0 aliphatic carbocycles. The second kappa shape index (κ2) is 11.1. The van der Waals surface area contributed by atoms with Crippen LogP contribution < -0.4 is 10.2 Å². The van der Waals surface area contributed by atoms with Crippen LogP contribution >= 0.6 is 11.5 Å². The first-order chi connectivity index (χ1) is 16.5. The maximum absolute atomic E-state index is 13.1. The molecule has 10 heteroatoms. The zero-order valence-electron chi connectivity index (χ0n) is 18.9. The molecule has 2 amide bonds. The average molecular weight is 484 g/mol. The molecular weight excluding hydrogens is 457 g/mol.